The van der Waals surface area contributed by atoms with E-state index in [-0.39, 0.29) is 23.2 Å². The monoisotopic (exact) mass is 338 g/mol. The minimum absolute atomic E-state index is 0.0748. The third kappa shape index (κ3) is 2.38. The first kappa shape index (κ1) is 15.0. The zero-order valence-corrected chi connectivity index (χ0v) is 14.1. The minimum Gasteiger partial charge on any atom is -0.345 e. The number of hydrogen-bond acceptors (Lipinski definition) is 5. The van der Waals surface area contributed by atoms with Crippen molar-refractivity contribution in [2.45, 2.75) is 11.5 Å². The van der Waals surface area contributed by atoms with E-state index in [0.29, 0.717) is 5.92 Å². The van der Waals surface area contributed by atoms with Crippen molar-refractivity contribution in [3.05, 3.63) is 48.0 Å². The van der Waals surface area contributed by atoms with Gasteiger partial charge >= 0.3 is 0 Å². The molecule has 4 bridgehead atoms. The van der Waals surface area contributed by atoms with Gasteiger partial charge in [-0.1, -0.05) is 30.3 Å². The molecule has 1 amide bonds. The van der Waals surface area contributed by atoms with Crippen molar-refractivity contribution in [2.24, 2.45) is 5.92 Å². The average molecular weight is 338 g/mol. The van der Waals surface area contributed by atoms with Crippen LogP contribution in [-0.2, 0) is 5.41 Å². The molecule has 4 aliphatic rings. The predicted molar refractivity (Wildman–Crippen MR) is 92.1 cm³/mol. The molecule has 0 saturated carbocycles. The van der Waals surface area contributed by atoms with Crippen LogP contribution in [0.4, 0.5) is 0 Å². The highest BCUT2D eigenvalue weighted by Gasteiger charge is 2.55. The van der Waals surface area contributed by atoms with E-state index in [1.807, 2.05) is 0 Å². The number of aromatic nitrogens is 3. The number of carbonyl (C=O) groups is 1. The van der Waals surface area contributed by atoms with Crippen LogP contribution in [0.2, 0.25) is 0 Å². The Morgan fingerprint density at radius 3 is 2.52 bits per heavy atom. The fourth-order valence-electron chi connectivity index (χ4n) is 5.09. The lowest BCUT2D eigenvalue weighted by atomic mass is 9.64. The van der Waals surface area contributed by atoms with E-state index in [2.05, 4.69) is 60.6 Å². The summed E-state index contributed by atoms with van der Waals surface area (Å²) in [6.07, 6.45) is 1.38. The lowest BCUT2D eigenvalue weighted by Gasteiger charge is -2.55. The topological polar surface area (TPSA) is 77.2 Å². The van der Waals surface area contributed by atoms with E-state index in [0.717, 1.165) is 39.3 Å². The largest absolute Gasteiger partial charge is 0.345 e. The van der Waals surface area contributed by atoms with Crippen LogP contribution in [0.3, 0.4) is 0 Å². The number of amides is 1. The smallest absolute Gasteiger partial charge is 0.288 e. The minimum atomic E-state index is -0.158. The number of nitrogens with one attached hydrogen (secondary N) is 2. The van der Waals surface area contributed by atoms with Gasteiger partial charge < -0.3 is 15.1 Å². The maximum atomic E-state index is 12.7. The zero-order valence-electron chi connectivity index (χ0n) is 14.1. The Balaban J connectivity index is 1.55. The number of hydrogen-bond donors (Lipinski definition) is 2. The molecule has 25 heavy (non-hydrogen) atoms. The van der Waals surface area contributed by atoms with Crippen LogP contribution in [-0.4, -0.2) is 76.2 Å². The molecular weight excluding hydrogens is 316 g/mol. The molecule has 0 radical (unpaired) electrons. The molecule has 4 fully saturated rings. The van der Waals surface area contributed by atoms with Crippen LogP contribution in [0.5, 0.6) is 0 Å². The Morgan fingerprint density at radius 2 is 1.88 bits per heavy atom. The van der Waals surface area contributed by atoms with Gasteiger partial charge in [0, 0.05) is 56.6 Å². The molecule has 3 atom stereocenters. The SMILES string of the molecule is O=C(N[C@@H]1C2CN3CCN(C2)CC1(c1ccccc1)C3)c1ncn[nH]1. The van der Waals surface area contributed by atoms with E-state index >= 15 is 0 Å². The van der Waals surface area contributed by atoms with Gasteiger partial charge in [0.1, 0.15) is 6.33 Å². The van der Waals surface area contributed by atoms with Gasteiger partial charge in [-0.05, 0) is 5.56 Å². The predicted octanol–water partition coefficient (Wildman–Crippen LogP) is 0.102. The average Bonchev–Trinajstić information content (AvgIpc) is 3.05. The lowest BCUT2D eigenvalue weighted by molar-refractivity contribution is 0.0178. The van der Waals surface area contributed by atoms with Crippen molar-refractivity contribution in [2.75, 3.05) is 39.3 Å². The van der Waals surface area contributed by atoms with Crippen LogP contribution in [0.1, 0.15) is 16.2 Å². The van der Waals surface area contributed by atoms with Crippen LogP contribution in [0.25, 0.3) is 0 Å². The summed E-state index contributed by atoms with van der Waals surface area (Å²) in [4.78, 5) is 21.8. The second kappa shape index (κ2) is 5.64. The number of nitrogens with zero attached hydrogens (tertiary/aromatic N) is 4. The molecule has 4 aliphatic heterocycles. The zero-order chi connectivity index (χ0) is 16.9. The number of carbonyl (C=O) groups excluding carboxylic acids is 1. The molecule has 2 N–H and O–H groups in total. The molecule has 7 heteroatoms. The second-order valence-electron chi connectivity index (χ2n) is 7.54. The maximum Gasteiger partial charge on any atom is 0.288 e. The number of fused-ring (bicyclic) bond motifs is 1. The normalized spacial score (nSPS) is 36.2. The summed E-state index contributed by atoms with van der Waals surface area (Å²) >= 11 is 0. The summed E-state index contributed by atoms with van der Waals surface area (Å²) < 4.78 is 0. The quantitative estimate of drug-likeness (QED) is 0.830. The molecule has 1 aromatic carbocycles. The van der Waals surface area contributed by atoms with Crippen LogP contribution in [0, 0.1) is 5.92 Å². The summed E-state index contributed by atoms with van der Waals surface area (Å²) in [6, 6.07) is 10.8. The summed E-state index contributed by atoms with van der Waals surface area (Å²) in [5.74, 6) is 0.557. The van der Waals surface area contributed by atoms with Gasteiger partial charge in [0.25, 0.3) is 5.91 Å². The second-order valence-corrected chi connectivity index (χ2v) is 7.54. The van der Waals surface area contributed by atoms with E-state index in [4.69, 9.17) is 0 Å². The molecule has 5 heterocycles. The van der Waals surface area contributed by atoms with Gasteiger partial charge in [-0.25, -0.2) is 4.98 Å². The molecule has 0 aliphatic carbocycles. The van der Waals surface area contributed by atoms with Crippen molar-refractivity contribution in [1.29, 1.82) is 0 Å². The molecule has 2 aromatic rings. The van der Waals surface area contributed by atoms with Crippen molar-refractivity contribution in [3.8, 4) is 0 Å². The summed E-state index contributed by atoms with van der Waals surface area (Å²) in [5, 5.41) is 9.79. The van der Waals surface area contributed by atoms with Gasteiger partial charge in [0.2, 0.25) is 5.82 Å². The van der Waals surface area contributed by atoms with Crippen LogP contribution >= 0.6 is 0 Å². The van der Waals surface area contributed by atoms with Crippen LogP contribution < -0.4 is 5.32 Å². The number of rotatable bonds is 3. The molecule has 4 saturated heterocycles. The van der Waals surface area contributed by atoms with E-state index in [9.17, 15) is 4.79 Å². The highest BCUT2D eigenvalue weighted by atomic mass is 16.2. The maximum absolute atomic E-state index is 12.7. The highest BCUT2D eigenvalue weighted by molar-refractivity contribution is 5.90. The molecule has 7 nitrogen and oxygen atoms in total. The molecule has 0 spiro atoms. The summed E-state index contributed by atoms with van der Waals surface area (Å²) in [7, 11) is 0. The van der Waals surface area contributed by atoms with Gasteiger partial charge in [-0.15, -0.1) is 0 Å². The number of piperidine rings is 2. The molecular formula is C18H22N6O. The van der Waals surface area contributed by atoms with Crippen molar-refractivity contribution in [3.63, 3.8) is 0 Å². The summed E-state index contributed by atoms with van der Waals surface area (Å²) in [5.41, 5.74) is 1.24. The Bertz CT molecular complexity index is 745. The standard InChI is InChI=1S/C18H22N6O/c25-17(16-19-12-20-22-16)21-15-13-8-23-6-7-24(9-13)11-18(15,10-23)14-4-2-1-3-5-14/h1-5,12-13,15H,6-11H2,(H,21,25)(H,19,20,22)/t13?,15-,18?/m1/s1. The Morgan fingerprint density at radius 1 is 1.16 bits per heavy atom. The van der Waals surface area contributed by atoms with Crippen molar-refractivity contribution >= 4 is 5.91 Å². The van der Waals surface area contributed by atoms with Gasteiger partial charge in [0.15, 0.2) is 0 Å². The highest BCUT2D eigenvalue weighted by Crippen LogP contribution is 2.43. The van der Waals surface area contributed by atoms with Gasteiger partial charge in [0.05, 0.1) is 0 Å². The third-order valence-electron chi connectivity index (χ3n) is 6.06. The molecule has 1 aromatic heterocycles. The van der Waals surface area contributed by atoms with Crippen molar-refractivity contribution < 1.29 is 4.79 Å². The van der Waals surface area contributed by atoms with E-state index in [1.54, 1.807) is 0 Å². The molecule has 130 valence electrons. The van der Waals surface area contributed by atoms with Gasteiger partial charge in [-0.3, -0.25) is 9.89 Å². The fraction of sp³-hybridized carbons (Fsp3) is 0.500. The van der Waals surface area contributed by atoms with Crippen LogP contribution in [0.15, 0.2) is 36.7 Å². The molecule has 6 rings (SSSR count). The van der Waals surface area contributed by atoms with E-state index in [1.165, 1.54) is 11.9 Å². The van der Waals surface area contributed by atoms with E-state index < -0.39 is 0 Å². The number of benzene rings is 1. The number of H-pyrrole nitrogens is 1. The lowest BCUT2D eigenvalue weighted by Crippen LogP contribution is -2.70. The first-order valence-electron chi connectivity index (χ1n) is 8.91. The summed E-state index contributed by atoms with van der Waals surface area (Å²) in [6.45, 7) is 6.32. The Kier molecular flexibility index (Phi) is 3.39. The number of aromatic amines is 1. The first-order valence-corrected chi connectivity index (χ1v) is 8.91. The van der Waals surface area contributed by atoms with Crippen molar-refractivity contribution in [1.82, 2.24) is 30.3 Å². The third-order valence-corrected chi connectivity index (χ3v) is 6.06. The Hall–Kier alpha value is -2.25. The van der Waals surface area contributed by atoms with Gasteiger partial charge in [-0.2, -0.15) is 5.10 Å². The first-order chi connectivity index (χ1) is 12.2. The fourth-order valence-corrected chi connectivity index (χ4v) is 5.09. The Labute approximate surface area is 146 Å². The molecule has 2 unspecified atom stereocenters.